The number of sulfonamides is 1. The van der Waals surface area contributed by atoms with Crippen LogP contribution in [0.3, 0.4) is 0 Å². The van der Waals surface area contributed by atoms with Gasteiger partial charge in [-0.15, -0.1) is 0 Å². The third-order valence-electron chi connectivity index (χ3n) is 4.23. The fraction of sp³-hybridized carbons (Fsp3) is 0.250. The summed E-state index contributed by atoms with van der Waals surface area (Å²) in [6.45, 7) is 2.29. The van der Waals surface area contributed by atoms with E-state index in [9.17, 15) is 13.2 Å². The molecule has 1 heterocycles. The summed E-state index contributed by atoms with van der Waals surface area (Å²) in [7, 11) is -3.38. The number of rotatable bonds is 8. The predicted molar refractivity (Wildman–Crippen MR) is 108 cm³/mol. The summed E-state index contributed by atoms with van der Waals surface area (Å²) in [5.74, 6) is -0.181. The highest BCUT2D eigenvalue weighted by atomic mass is 32.2. The number of hydrogen-bond donors (Lipinski definition) is 3. The van der Waals surface area contributed by atoms with Gasteiger partial charge < -0.3 is 10.3 Å². The smallest absolute Gasteiger partial charge is 0.251 e. The van der Waals surface area contributed by atoms with Crippen LogP contribution in [0.5, 0.6) is 0 Å². The Hall–Kier alpha value is -2.80. The molecule has 3 N–H and O–H groups in total. The van der Waals surface area contributed by atoms with Crippen molar-refractivity contribution in [3.8, 4) is 0 Å². The number of H-pyrrole nitrogens is 1. The maximum atomic E-state index is 12.4. The SMILES string of the molecule is CCCS(=O)(=O)Nc1cccc(C(=O)NCCc2c[nH]c3ccccc23)c1. The Labute approximate surface area is 159 Å². The van der Waals surface area contributed by atoms with Gasteiger partial charge in [-0.3, -0.25) is 9.52 Å². The van der Waals surface area contributed by atoms with E-state index in [0.717, 1.165) is 16.5 Å². The van der Waals surface area contributed by atoms with Gasteiger partial charge in [0, 0.05) is 34.9 Å². The molecule has 3 rings (SSSR count). The molecule has 6 nitrogen and oxygen atoms in total. The molecule has 0 aliphatic rings. The molecule has 0 atom stereocenters. The van der Waals surface area contributed by atoms with Gasteiger partial charge in [-0.1, -0.05) is 31.2 Å². The number of aromatic nitrogens is 1. The number of fused-ring (bicyclic) bond motifs is 1. The lowest BCUT2D eigenvalue weighted by Gasteiger charge is -2.09. The van der Waals surface area contributed by atoms with Crippen LogP contribution in [0.2, 0.25) is 0 Å². The minimum atomic E-state index is -3.38. The Kier molecular flexibility index (Phi) is 5.81. The van der Waals surface area contributed by atoms with Gasteiger partial charge >= 0.3 is 0 Å². The normalized spacial score (nSPS) is 11.4. The lowest BCUT2D eigenvalue weighted by Crippen LogP contribution is -2.25. The van der Waals surface area contributed by atoms with Crippen molar-refractivity contribution in [2.45, 2.75) is 19.8 Å². The number of carbonyl (C=O) groups is 1. The van der Waals surface area contributed by atoms with Crippen molar-refractivity contribution >= 4 is 32.5 Å². The first kappa shape index (κ1) is 19.0. The summed E-state index contributed by atoms with van der Waals surface area (Å²) in [6, 6.07) is 14.5. The summed E-state index contributed by atoms with van der Waals surface area (Å²) < 4.78 is 26.3. The zero-order chi connectivity index (χ0) is 19.3. The van der Waals surface area contributed by atoms with Gasteiger partial charge in [0.2, 0.25) is 10.0 Å². The Bertz CT molecular complexity index is 1040. The predicted octanol–water partition coefficient (Wildman–Crippen LogP) is 3.29. The van der Waals surface area contributed by atoms with E-state index >= 15 is 0 Å². The molecule has 0 unspecified atom stereocenters. The maximum Gasteiger partial charge on any atom is 0.251 e. The van der Waals surface area contributed by atoms with Crippen LogP contribution in [0.25, 0.3) is 10.9 Å². The molecule has 0 radical (unpaired) electrons. The highest BCUT2D eigenvalue weighted by molar-refractivity contribution is 7.92. The van der Waals surface area contributed by atoms with E-state index in [4.69, 9.17) is 0 Å². The van der Waals surface area contributed by atoms with Crippen molar-refractivity contribution < 1.29 is 13.2 Å². The Morgan fingerprint density at radius 2 is 1.93 bits per heavy atom. The minimum Gasteiger partial charge on any atom is -0.361 e. The van der Waals surface area contributed by atoms with Crippen LogP contribution in [0.4, 0.5) is 5.69 Å². The number of para-hydroxylation sites is 1. The fourth-order valence-corrected chi connectivity index (χ4v) is 4.10. The van der Waals surface area contributed by atoms with Gasteiger partial charge in [-0.2, -0.15) is 0 Å². The van der Waals surface area contributed by atoms with Crippen LogP contribution in [-0.2, 0) is 16.4 Å². The third-order valence-corrected chi connectivity index (χ3v) is 5.72. The van der Waals surface area contributed by atoms with Gasteiger partial charge in [-0.05, 0) is 42.7 Å². The fourth-order valence-electron chi connectivity index (χ4n) is 2.97. The van der Waals surface area contributed by atoms with Gasteiger partial charge in [0.15, 0.2) is 0 Å². The molecule has 2 aromatic carbocycles. The van der Waals surface area contributed by atoms with Crippen molar-refractivity contribution in [1.82, 2.24) is 10.3 Å². The van der Waals surface area contributed by atoms with Crippen LogP contribution < -0.4 is 10.0 Å². The highest BCUT2D eigenvalue weighted by Crippen LogP contribution is 2.18. The maximum absolute atomic E-state index is 12.4. The number of anilines is 1. The largest absolute Gasteiger partial charge is 0.361 e. The summed E-state index contributed by atoms with van der Waals surface area (Å²) >= 11 is 0. The van der Waals surface area contributed by atoms with Crippen LogP contribution in [0.1, 0.15) is 29.3 Å². The molecule has 1 amide bonds. The number of nitrogens with one attached hydrogen (secondary N) is 3. The lowest BCUT2D eigenvalue weighted by molar-refractivity contribution is 0.0954. The first-order chi connectivity index (χ1) is 13.0. The molecule has 0 aliphatic carbocycles. The first-order valence-corrected chi connectivity index (χ1v) is 10.6. The van der Waals surface area contributed by atoms with Crippen molar-refractivity contribution in [2.75, 3.05) is 17.0 Å². The van der Waals surface area contributed by atoms with E-state index in [1.165, 1.54) is 0 Å². The molecular formula is C20H23N3O3S. The van der Waals surface area contributed by atoms with Gasteiger partial charge in [0.1, 0.15) is 0 Å². The second-order valence-electron chi connectivity index (χ2n) is 6.37. The standard InChI is InChI=1S/C20H23N3O3S/c1-2-12-27(25,26)23-17-7-5-6-15(13-17)20(24)21-11-10-16-14-22-19-9-4-3-8-18(16)19/h3-9,13-14,22-23H,2,10-12H2,1H3,(H,21,24). The van der Waals surface area contributed by atoms with Gasteiger partial charge in [0.25, 0.3) is 5.91 Å². The second kappa shape index (κ2) is 8.26. The highest BCUT2D eigenvalue weighted by Gasteiger charge is 2.11. The Morgan fingerprint density at radius 1 is 1.11 bits per heavy atom. The molecule has 0 spiro atoms. The van der Waals surface area contributed by atoms with Crippen LogP contribution >= 0.6 is 0 Å². The second-order valence-corrected chi connectivity index (χ2v) is 8.21. The minimum absolute atomic E-state index is 0.0496. The van der Waals surface area contributed by atoms with Crippen molar-refractivity contribution in [3.63, 3.8) is 0 Å². The summed E-state index contributed by atoms with van der Waals surface area (Å²) in [5, 5.41) is 4.04. The molecule has 27 heavy (non-hydrogen) atoms. The van der Waals surface area contributed by atoms with Crippen LogP contribution in [-0.4, -0.2) is 31.6 Å². The number of hydrogen-bond acceptors (Lipinski definition) is 3. The van der Waals surface area contributed by atoms with E-state index in [2.05, 4.69) is 21.1 Å². The number of carbonyl (C=O) groups excluding carboxylic acids is 1. The Morgan fingerprint density at radius 3 is 2.74 bits per heavy atom. The monoisotopic (exact) mass is 385 g/mol. The molecule has 0 fully saturated rings. The van der Waals surface area contributed by atoms with Crippen LogP contribution in [0.15, 0.2) is 54.7 Å². The van der Waals surface area contributed by atoms with E-state index in [1.54, 1.807) is 31.2 Å². The zero-order valence-electron chi connectivity index (χ0n) is 15.2. The number of aromatic amines is 1. The van der Waals surface area contributed by atoms with Crippen LogP contribution in [0, 0.1) is 0 Å². The number of benzene rings is 2. The molecule has 142 valence electrons. The van der Waals surface area contributed by atoms with E-state index in [0.29, 0.717) is 30.6 Å². The molecule has 0 saturated carbocycles. The van der Waals surface area contributed by atoms with E-state index < -0.39 is 10.0 Å². The average molecular weight is 385 g/mol. The lowest BCUT2D eigenvalue weighted by atomic mass is 10.1. The molecule has 0 saturated heterocycles. The molecule has 0 aliphatic heterocycles. The zero-order valence-corrected chi connectivity index (χ0v) is 16.0. The molecule has 0 bridgehead atoms. The van der Waals surface area contributed by atoms with E-state index in [-0.39, 0.29) is 11.7 Å². The van der Waals surface area contributed by atoms with E-state index in [1.807, 2.05) is 24.4 Å². The number of amides is 1. The molecule has 1 aromatic heterocycles. The Balaban J connectivity index is 1.60. The van der Waals surface area contributed by atoms with Gasteiger partial charge in [-0.25, -0.2) is 8.42 Å². The third kappa shape index (κ3) is 4.89. The topological polar surface area (TPSA) is 91.1 Å². The molecule has 3 aromatic rings. The quantitative estimate of drug-likeness (QED) is 0.556. The average Bonchev–Trinajstić information content (AvgIpc) is 3.05. The summed E-state index contributed by atoms with van der Waals surface area (Å²) in [4.78, 5) is 15.6. The van der Waals surface area contributed by atoms with Crippen molar-refractivity contribution in [1.29, 1.82) is 0 Å². The molecular weight excluding hydrogens is 362 g/mol. The summed E-state index contributed by atoms with van der Waals surface area (Å²) in [5.41, 5.74) is 3.04. The van der Waals surface area contributed by atoms with Gasteiger partial charge in [0.05, 0.1) is 5.75 Å². The van der Waals surface area contributed by atoms with Crippen molar-refractivity contribution in [3.05, 3.63) is 65.9 Å². The van der Waals surface area contributed by atoms with Crippen molar-refractivity contribution in [2.24, 2.45) is 0 Å². The molecule has 7 heteroatoms. The summed E-state index contributed by atoms with van der Waals surface area (Å²) in [6.07, 6.45) is 3.20. The first-order valence-electron chi connectivity index (χ1n) is 8.92.